The second-order valence-corrected chi connectivity index (χ2v) is 6.29. The molecule has 0 aliphatic heterocycles. The molecule has 0 aromatic heterocycles. The highest BCUT2D eigenvalue weighted by atomic mass is 16.3. The molecule has 1 saturated carbocycles. The first-order valence-electron chi connectivity index (χ1n) is 8.29. The molecule has 1 aromatic carbocycles. The molecule has 2 rings (SSSR count). The number of carbonyl (C=O) groups is 1. The van der Waals surface area contributed by atoms with Gasteiger partial charge in [0.15, 0.2) is 0 Å². The van der Waals surface area contributed by atoms with Gasteiger partial charge in [-0.1, -0.05) is 24.6 Å². The number of hydrogen-bond acceptors (Lipinski definition) is 3. The molecule has 0 saturated heterocycles. The average molecular weight is 304 g/mol. The lowest BCUT2D eigenvalue weighted by Crippen LogP contribution is -2.47. The number of nitrogens with zero attached hydrogens (tertiary/aromatic N) is 2. The molecule has 1 amide bonds. The zero-order valence-electron chi connectivity index (χ0n) is 13.9. The Morgan fingerprint density at radius 1 is 1.32 bits per heavy atom. The van der Waals surface area contributed by atoms with Gasteiger partial charge < -0.3 is 10.0 Å². The molecule has 1 aromatic rings. The van der Waals surface area contributed by atoms with Crippen molar-refractivity contribution in [3.05, 3.63) is 30.3 Å². The number of amides is 1. The maximum absolute atomic E-state index is 12.8. The molecule has 1 fully saturated rings. The summed E-state index contributed by atoms with van der Waals surface area (Å²) >= 11 is 0. The fourth-order valence-electron chi connectivity index (χ4n) is 3.25. The van der Waals surface area contributed by atoms with Crippen molar-refractivity contribution in [3.63, 3.8) is 0 Å². The van der Waals surface area contributed by atoms with Crippen molar-refractivity contribution in [2.24, 2.45) is 5.92 Å². The number of para-hydroxylation sites is 1. The molecule has 0 radical (unpaired) electrons. The maximum Gasteiger partial charge on any atom is 0.244 e. The Balaban J connectivity index is 2.00. The summed E-state index contributed by atoms with van der Waals surface area (Å²) in [6.45, 7) is 5.39. The average Bonchev–Trinajstić information content (AvgIpc) is 2.93. The van der Waals surface area contributed by atoms with Gasteiger partial charge in [0.05, 0.1) is 12.1 Å². The third-order valence-corrected chi connectivity index (χ3v) is 4.81. The van der Waals surface area contributed by atoms with Crippen molar-refractivity contribution in [2.75, 3.05) is 25.0 Å². The van der Waals surface area contributed by atoms with E-state index in [0.29, 0.717) is 12.5 Å². The van der Waals surface area contributed by atoms with E-state index >= 15 is 0 Å². The molecule has 0 heterocycles. The smallest absolute Gasteiger partial charge is 0.244 e. The van der Waals surface area contributed by atoms with Crippen LogP contribution in [0.5, 0.6) is 0 Å². The first-order valence-corrected chi connectivity index (χ1v) is 8.29. The number of anilines is 1. The van der Waals surface area contributed by atoms with Crippen LogP contribution in [0, 0.1) is 5.92 Å². The van der Waals surface area contributed by atoms with Gasteiger partial charge in [-0.05, 0) is 51.8 Å². The van der Waals surface area contributed by atoms with Crippen molar-refractivity contribution in [2.45, 2.75) is 45.3 Å². The molecule has 122 valence electrons. The van der Waals surface area contributed by atoms with E-state index in [1.165, 1.54) is 0 Å². The topological polar surface area (TPSA) is 43.8 Å². The van der Waals surface area contributed by atoms with E-state index in [0.717, 1.165) is 31.5 Å². The number of rotatable bonds is 6. The lowest BCUT2D eigenvalue weighted by Gasteiger charge is -2.32. The molecule has 3 atom stereocenters. The van der Waals surface area contributed by atoms with E-state index in [1.807, 2.05) is 56.1 Å². The molecule has 1 aliphatic rings. The molecule has 0 bridgehead atoms. The van der Waals surface area contributed by atoms with E-state index < -0.39 is 0 Å². The third-order valence-electron chi connectivity index (χ3n) is 4.81. The first-order chi connectivity index (χ1) is 10.5. The minimum absolute atomic E-state index is 0.115. The van der Waals surface area contributed by atoms with Gasteiger partial charge in [0.25, 0.3) is 0 Å². The quantitative estimate of drug-likeness (QED) is 0.878. The fraction of sp³-hybridized carbons (Fsp3) is 0.611. The van der Waals surface area contributed by atoms with Crippen LogP contribution in [0.15, 0.2) is 30.3 Å². The number of benzene rings is 1. The number of aliphatic hydroxyl groups is 1. The van der Waals surface area contributed by atoms with Crippen LogP contribution in [0.3, 0.4) is 0 Å². The van der Waals surface area contributed by atoms with Gasteiger partial charge in [0.1, 0.15) is 0 Å². The number of carbonyl (C=O) groups excluding carboxylic acids is 1. The summed E-state index contributed by atoms with van der Waals surface area (Å²) in [7, 11) is 1.98. The summed E-state index contributed by atoms with van der Waals surface area (Å²) in [6, 6.07) is 9.61. The van der Waals surface area contributed by atoms with E-state index in [-0.39, 0.29) is 18.1 Å². The Kier molecular flexibility index (Phi) is 5.98. The van der Waals surface area contributed by atoms with Gasteiger partial charge in [-0.25, -0.2) is 0 Å². The zero-order valence-corrected chi connectivity index (χ0v) is 13.9. The molecular weight excluding hydrogens is 276 g/mol. The Morgan fingerprint density at radius 3 is 2.55 bits per heavy atom. The molecule has 0 spiro atoms. The predicted molar refractivity (Wildman–Crippen MR) is 89.9 cm³/mol. The SMILES string of the molecule is CCN(C(=O)C(C)N(C)CC1CCCC1O)c1ccccc1. The van der Waals surface area contributed by atoms with Gasteiger partial charge in [0.2, 0.25) is 5.91 Å². The Hall–Kier alpha value is -1.39. The lowest BCUT2D eigenvalue weighted by molar-refractivity contribution is -0.123. The standard InChI is InChI=1S/C18H28N2O2/c1-4-20(16-10-6-5-7-11-16)18(22)14(2)19(3)13-15-9-8-12-17(15)21/h5-7,10-11,14-15,17,21H,4,8-9,12-13H2,1-3H3. The van der Waals surface area contributed by atoms with Crippen LogP contribution in [-0.4, -0.2) is 48.2 Å². The highest BCUT2D eigenvalue weighted by molar-refractivity contribution is 5.96. The Bertz CT molecular complexity index is 477. The van der Waals surface area contributed by atoms with Crippen LogP contribution >= 0.6 is 0 Å². The predicted octanol–water partition coefficient (Wildman–Crippen LogP) is 2.52. The van der Waals surface area contributed by atoms with Crippen molar-refractivity contribution < 1.29 is 9.90 Å². The van der Waals surface area contributed by atoms with Crippen molar-refractivity contribution in [1.82, 2.24) is 4.90 Å². The van der Waals surface area contributed by atoms with Gasteiger partial charge in [0, 0.05) is 18.8 Å². The molecule has 4 nitrogen and oxygen atoms in total. The maximum atomic E-state index is 12.8. The number of hydrogen-bond donors (Lipinski definition) is 1. The molecule has 3 unspecified atom stereocenters. The van der Waals surface area contributed by atoms with Crippen LogP contribution in [0.4, 0.5) is 5.69 Å². The van der Waals surface area contributed by atoms with Gasteiger partial charge >= 0.3 is 0 Å². The monoisotopic (exact) mass is 304 g/mol. The molecule has 4 heteroatoms. The summed E-state index contributed by atoms with van der Waals surface area (Å²) in [5, 5.41) is 9.97. The van der Waals surface area contributed by atoms with E-state index in [4.69, 9.17) is 0 Å². The van der Waals surface area contributed by atoms with Gasteiger partial charge in [-0.2, -0.15) is 0 Å². The zero-order chi connectivity index (χ0) is 16.1. The third kappa shape index (κ3) is 3.87. The van der Waals surface area contributed by atoms with Gasteiger partial charge in [-0.3, -0.25) is 9.69 Å². The Morgan fingerprint density at radius 2 is 2.00 bits per heavy atom. The van der Waals surface area contributed by atoms with Gasteiger partial charge in [-0.15, -0.1) is 0 Å². The van der Waals surface area contributed by atoms with E-state index in [1.54, 1.807) is 0 Å². The summed E-state index contributed by atoms with van der Waals surface area (Å²) in [6.07, 6.45) is 2.84. The van der Waals surface area contributed by atoms with Crippen molar-refractivity contribution in [1.29, 1.82) is 0 Å². The Labute approximate surface area is 133 Å². The summed E-state index contributed by atoms with van der Waals surface area (Å²) in [4.78, 5) is 16.7. The van der Waals surface area contributed by atoms with Crippen LogP contribution < -0.4 is 4.90 Å². The lowest BCUT2D eigenvalue weighted by atomic mass is 10.0. The highest BCUT2D eigenvalue weighted by Gasteiger charge is 2.30. The molecular formula is C18H28N2O2. The van der Waals surface area contributed by atoms with E-state index in [9.17, 15) is 9.90 Å². The molecule has 1 N–H and O–H groups in total. The minimum atomic E-state index is -0.207. The summed E-state index contributed by atoms with van der Waals surface area (Å²) in [5.74, 6) is 0.413. The minimum Gasteiger partial charge on any atom is -0.393 e. The summed E-state index contributed by atoms with van der Waals surface area (Å²) < 4.78 is 0. The largest absolute Gasteiger partial charge is 0.393 e. The molecule has 22 heavy (non-hydrogen) atoms. The number of likely N-dealkylation sites (N-methyl/N-ethyl adjacent to an activating group) is 2. The number of aliphatic hydroxyl groups excluding tert-OH is 1. The van der Waals surface area contributed by atoms with Crippen molar-refractivity contribution >= 4 is 11.6 Å². The normalized spacial score (nSPS) is 22.8. The second-order valence-electron chi connectivity index (χ2n) is 6.29. The van der Waals surface area contributed by atoms with Crippen LogP contribution in [0.1, 0.15) is 33.1 Å². The van der Waals surface area contributed by atoms with Crippen LogP contribution in [0.2, 0.25) is 0 Å². The van der Waals surface area contributed by atoms with Crippen LogP contribution in [-0.2, 0) is 4.79 Å². The fourth-order valence-corrected chi connectivity index (χ4v) is 3.25. The first kappa shape index (κ1) is 17.0. The van der Waals surface area contributed by atoms with Crippen LogP contribution in [0.25, 0.3) is 0 Å². The second kappa shape index (κ2) is 7.75. The van der Waals surface area contributed by atoms with E-state index in [2.05, 4.69) is 4.90 Å². The highest BCUT2D eigenvalue weighted by Crippen LogP contribution is 2.26. The molecule has 1 aliphatic carbocycles. The summed E-state index contributed by atoms with van der Waals surface area (Å²) in [5.41, 5.74) is 0.941. The van der Waals surface area contributed by atoms with Crippen molar-refractivity contribution in [3.8, 4) is 0 Å².